The fourth-order valence-electron chi connectivity index (χ4n) is 4.16. The molecule has 1 aliphatic rings. The molecule has 3 aromatic rings. The van der Waals surface area contributed by atoms with E-state index in [0.717, 1.165) is 28.3 Å². The molecule has 3 heterocycles. The third-order valence-electron chi connectivity index (χ3n) is 5.89. The number of thioether (sulfide) groups is 1. The lowest BCUT2D eigenvalue weighted by atomic mass is 9.87. The summed E-state index contributed by atoms with van der Waals surface area (Å²) in [6.07, 6.45) is 0. The Balaban J connectivity index is 1.92. The second-order valence-corrected chi connectivity index (χ2v) is 11.4. The Hall–Kier alpha value is -2.82. The lowest BCUT2D eigenvalue weighted by molar-refractivity contribution is -0.123. The average molecular weight is 529 g/mol. The van der Waals surface area contributed by atoms with Crippen molar-refractivity contribution in [1.82, 2.24) is 15.1 Å². The fourth-order valence-corrected chi connectivity index (χ4v) is 6.12. The molecule has 0 spiro atoms. The Morgan fingerprint density at radius 2 is 1.94 bits per heavy atom. The highest BCUT2D eigenvalue weighted by molar-refractivity contribution is 8.00. The summed E-state index contributed by atoms with van der Waals surface area (Å²) < 4.78 is 12.2. The highest BCUT2D eigenvalue weighted by atomic mass is 32.2. The second kappa shape index (κ2) is 11.1. The Labute approximate surface area is 220 Å². The SMILES string of the molecule is COCCNC(=O)CN1C(=O)CSC(c2ccsc2)c2c(C(C)(C)C)nn(-c3ccc(OC)cc3)c21. The van der Waals surface area contributed by atoms with Crippen LogP contribution in [0.2, 0.25) is 0 Å². The first-order chi connectivity index (χ1) is 17.2. The molecule has 0 saturated heterocycles. The topological polar surface area (TPSA) is 85.7 Å². The van der Waals surface area contributed by atoms with Gasteiger partial charge in [-0.3, -0.25) is 14.5 Å². The van der Waals surface area contributed by atoms with E-state index in [-0.39, 0.29) is 34.8 Å². The molecule has 1 aliphatic heterocycles. The van der Waals surface area contributed by atoms with Crippen molar-refractivity contribution in [2.75, 3.05) is 44.6 Å². The molecule has 0 aliphatic carbocycles. The third kappa shape index (κ3) is 5.45. The van der Waals surface area contributed by atoms with E-state index >= 15 is 0 Å². The van der Waals surface area contributed by atoms with Crippen LogP contribution in [0.4, 0.5) is 5.82 Å². The number of carbonyl (C=O) groups excluding carboxylic acids is 2. The summed E-state index contributed by atoms with van der Waals surface area (Å²) in [5.41, 5.74) is 3.49. The number of aromatic nitrogens is 2. The zero-order valence-corrected chi connectivity index (χ0v) is 22.9. The van der Waals surface area contributed by atoms with Crippen molar-refractivity contribution in [3.8, 4) is 11.4 Å². The van der Waals surface area contributed by atoms with Crippen molar-refractivity contribution in [2.45, 2.75) is 31.4 Å². The molecular formula is C26H32N4O4S2. The predicted molar refractivity (Wildman–Crippen MR) is 145 cm³/mol. The van der Waals surface area contributed by atoms with Crippen LogP contribution in [0, 0.1) is 0 Å². The number of thiophene rings is 1. The fraction of sp³-hybridized carbons (Fsp3) is 0.423. The molecule has 1 N–H and O–H groups in total. The van der Waals surface area contributed by atoms with Crippen molar-refractivity contribution in [3.63, 3.8) is 0 Å². The normalized spacial score (nSPS) is 16.0. The zero-order chi connectivity index (χ0) is 25.9. The maximum atomic E-state index is 13.5. The van der Waals surface area contributed by atoms with E-state index in [0.29, 0.717) is 19.0 Å². The first-order valence-electron chi connectivity index (χ1n) is 11.7. The van der Waals surface area contributed by atoms with Crippen LogP contribution in [0.25, 0.3) is 5.69 Å². The number of anilines is 1. The van der Waals surface area contributed by atoms with E-state index in [2.05, 4.69) is 37.5 Å². The molecule has 0 bridgehead atoms. The van der Waals surface area contributed by atoms with Gasteiger partial charge in [0, 0.05) is 24.6 Å². The summed E-state index contributed by atoms with van der Waals surface area (Å²) in [6, 6.07) is 9.66. The molecule has 2 amide bonds. The van der Waals surface area contributed by atoms with Crippen LogP contribution in [-0.2, 0) is 19.7 Å². The molecule has 4 rings (SSSR count). The van der Waals surface area contributed by atoms with Crippen LogP contribution in [0.5, 0.6) is 5.75 Å². The predicted octanol–water partition coefficient (Wildman–Crippen LogP) is 4.17. The number of ether oxygens (including phenoxy) is 2. The van der Waals surface area contributed by atoms with E-state index in [1.54, 1.807) is 46.9 Å². The molecule has 1 atom stereocenters. The van der Waals surface area contributed by atoms with Gasteiger partial charge in [-0.2, -0.15) is 16.4 Å². The largest absolute Gasteiger partial charge is 0.497 e. The summed E-state index contributed by atoms with van der Waals surface area (Å²) in [7, 11) is 3.21. The number of amides is 2. The van der Waals surface area contributed by atoms with Crippen LogP contribution in [0.3, 0.4) is 0 Å². The molecule has 0 radical (unpaired) electrons. The highest BCUT2D eigenvalue weighted by Gasteiger charge is 2.40. The average Bonchev–Trinajstić information content (AvgIpc) is 3.49. The van der Waals surface area contributed by atoms with Gasteiger partial charge in [-0.15, -0.1) is 11.8 Å². The van der Waals surface area contributed by atoms with Gasteiger partial charge in [-0.25, -0.2) is 4.68 Å². The molecule has 10 heteroatoms. The molecule has 1 unspecified atom stereocenters. The Morgan fingerprint density at radius 3 is 2.56 bits per heavy atom. The maximum absolute atomic E-state index is 13.5. The number of fused-ring (bicyclic) bond motifs is 1. The van der Waals surface area contributed by atoms with E-state index in [4.69, 9.17) is 14.6 Å². The Morgan fingerprint density at radius 1 is 1.19 bits per heavy atom. The number of nitrogens with one attached hydrogen (secondary N) is 1. The van der Waals surface area contributed by atoms with Gasteiger partial charge in [-0.1, -0.05) is 20.8 Å². The van der Waals surface area contributed by atoms with Crippen LogP contribution in [0.1, 0.15) is 42.8 Å². The number of hydrogen-bond acceptors (Lipinski definition) is 7. The van der Waals surface area contributed by atoms with Gasteiger partial charge >= 0.3 is 0 Å². The van der Waals surface area contributed by atoms with Crippen LogP contribution in [0.15, 0.2) is 41.1 Å². The summed E-state index contributed by atoms with van der Waals surface area (Å²) in [5.74, 6) is 1.25. The minimum absolute atomic E-state index is 0.0852. The lowest BCUT2D eigenvalue weighted by Crippen LogP contribution is -2.43. The maximum Gasteiger partial charge on any atom is 0.240 e. The zero-order valence-electron chi connectivity index (χ0n) is 21.2. The number of nitrogens with zero attached hydrogens (tertiary/aromatic N) is 3. The van der Waals surface area contributed by atoms with Gasteiger partial charge in [0.15, 0.2) is 0 Å². The number of hydrogen-bond donors (Lipinski definition) is 1. The van der Waals surface area contributed by atoms with E-state index in [9.17, 15) is 9.59 Å². The molecule has 36 heavy (non-hydrogen) atoms. The van der Waals surface area contributed by atoms with Crippen LogP contribution < -0.4 is 15.0 Å². The molecular weight excluding hydrogens is 496 g/mol. The van der Waals surface area contributed by atoms with Gasteiger partial charge in [-0.05, 0) is 46.7 Å². The molecule has 0 saturated carbocycles. The molecule has 192 valence electrons. The van der Waals surface area contributed by atoms with Gasteiger partial charge < -0.3 is 14.8 Å². The van der Waals surface area contributed by atoms with Gasteiger partial charge in [0.25, 0.3) is 0 Å². The number of methoxy groups -OCH3 is 2. The van der Waals surface area contributed by atoms with Crippen molar-refractivity contribution >= 4 is 40.7 Å². The quantitative estimate of drug-likeness (QED) is 0.442. The van der Waals surface area contributed by atoms with Crippen molar-refractivity contribution in [3.05, 3.63) is 57.9 Å². The summed E-state index contributed by atoms with van der Waals surface area (Å²) in [4.78, 5) is 28.0. The molecule has 1 aromatic carbocycles. The minimum Gasteiger partial charge on any atom is -0.497 e. The van der Waals surface area contributed by atoms with E-state index in [1.165, 1.54) is 0 Å². The molecule has 0 fully saturated rings. The van der Waals surface area contributed by atoms with Crippen molar-refractivity contribution in [1.29, 1.82) is 0 Å². The Kier molecular flexibility index (Phi) is 8.07. The summed E-state index contributed by atoms with van der Waals surface area (Å²) >= 11 is 3.21. The number of carbonyl (C=O) groups is 2. The number of rotatable bonds is 8. The monoisotopic (exact) mass is 528 g/mol. The van der Waals surface area contributed by atoms with E-state index in [1.807, 2.05) is 29.6 Å². The van der Waals surface area contributed by atoms with Crippen LogP contribution in [-0.4, -0.2) is 61.3 Å². The van der Waals surface area contributed by atoms with Gasteiger partial charge in [0.2, 0.25) is 11.8 Å². The number of benzene rings is 1. The summed E-state index contributed by atoms with van der Waals surface area (Å²) in [5, 5.41) is 12.0. The van der Waals surface area contributed by atoms with Crippen LogP contribution >= 0.6 is 23.1 Å². The lowest BCUT2D eigenvalue weighted by Gasteiger charge is -2.24. The van der Waals surface area contributed by atoms with Gasteiger partial charge in [0.1, 0.15) is 18.1 Å². The van der Waals surface area contributed by atoms with Crippen molar-refractivity contribution < 1.29 is 19.1 Å². The van der Waals surface area contributed by atoms with E-state index < -0.39 is 0 Å². The first-order valence-corrected chi connectivity index (χ1v) is 13.7. The molecule has 2 aromatic heterocycles. The molecule has 8 nitrogen and oxygen atoms in total. The standard InChI is InChI=1S/C26H32N4O4S2/c1-26(2,3)24-22-23(17-10-13-35-15-17)36-16-21(32)29(14-20(31)27-11-12-33-4)25(22)30(28-24)18-6-8-19(34-5)9-7-18/h6-10,13,15,23H,11-12,14,16H2,1-5H3,(H,27,31). The smallest absolute Gasteiger partial charge is 0.240 e. The minimum atomic E-state index is -0.295. The first kappa shape index (κ1) is 26.2. The Bertz CT molecular complexity index is 1200. The van der Waals surface area contributed by atoms with Gasteiger partial charge in [0.05, 0.1) is 36.1 Å². The van der Waals surface area contributed by atoms with Crippen molar-refractivity contribution in [2.24, 2.45) is 0 Å². The second-order valence-electron chi connectivity index (χ2n) is 9.52. The highest BCUT2D eigenvalue weighted by Crippen LogP contribution is 2.48. The summed E-state index contributed by atoms with van der Waals surface area (Å²) in [6.45, 7) is 7.05. The third-order valence-corrected chi connectivity index (χ3v) is 7.85.